The minimum absolute atomic E-state index is 0.00837. The van der Waals surface area contributed by atoms with Gasteiger partial charge in [0.2, 0.25) is 5.91 Å². The van der Waals surface area contributed by atoms with Crippen LogP contribution in [0.15, 0.2) is 53.9 Å². The van der Waals surface area contributed by atoms with E-state index in [2.05, 4.69) is 25.4 Å². The molecule has 4 rings (SSSR count). The number of likely N-dealkylation sites (tertiary alicyclic amines) is 1. The fourth-order valence-corrected chi connectivity index (χ4v) is 4.78. The summed E-state index contributed by atoms with van der Waals surface area (Å²) in [6, 6.07) is 10.00. The number of pyridine rings is 1. The maximum Gasteiger partial charge on any atom is 0.237 e. The number of nitrogens with zero attached hydrogens (tertiary/aromatic N) is 5. The molecule has 9 heteroatoms. The zero-order chi connectivity index (χ0) is 22.3. The van der Waals surface area contributed by atoms with E-state index < -0.39 is 0 Å². The third-order valence-electron chi connectivity index (χ3n) is 5.65. The molecule has 1 amide bonds. The van der Waals surface area contributed by atoms with Gasteiger partial charge in [0.05, 0.1) is 12.6 Å². The number of carbonyl (C=O) groups is 1. The normalized spacial score (nSPS) is 17.1. The Morgan fingerprint density at radius 1 is 1.12 bits per heavy atom. The summed E-state index contributed by atoms with van der Waals surface area (Å²) in [4.78, 5) is 19.0. The van der Waals surface area contributed by atoms with E-state index in [1.807, 2.05) is 23.7 Å². The van der Waals surface area contributed by atoms with Gasteiger partial charge in [0.1, 0.15) is 5.82 Å². The molecule has 0 spiro atoms. The number of thioether (sulfide) groups is 1. The molecule has 1 aliphatic heterocycles. The van der Waals surface area contributed by atoms with E-state index in [0.29, 0.717) is 16.7 Å². The van der Waals surface area contributed by atoms with Crippen molar-refractivity contribution < 1.29 is 9.18 Å². The van der Waals surface area contributed by atoms with E-state index >= 15 is 0 Å². The molecule has 0 radical (unpaired) electrons. The van der Waals surface area contributed by atoms with E-state index in [1.165, 1.54) is 23.9 Å². The van der Waals surface area contributed by atoms with Gasteiger partial charge < -0.3 is 5.32 Å². The quantitative estimate of drug-likeness (QED) is 0.550. The first kappa shape index (κ1) is 22.4. The maximum absolute atomic E-state index is 13.5. The molecule has 0 bridgehead atoms. The summed E-state index contributed by atoms with van der Waals surface area (Å²) in [5.74, 6) is 1.01. The number of halogens is 1. The van der Waals surface area contributed by atoms with Crippen LogP contribution < -0.4 is 5.32 Å². The van der Waals surface area contributed by atoms with Gasteiger partial charge in [-0.3, -0.25) is 19.2 Å². The SMILES string of the molecule is CN1CCCCCC1C(=O)NCc1nnc(SCc2ccncc2)n1-c1ccc(F)cc1. The second kappa shape index (κ2) is 10.7. The first-order chi connectivity index (χ1) is 15.6. The van der Waals surface area contributed by atoms with Crippen LogP contribution in [0.5, 0.6) is 0 Å². The summed E-state index contributed by atoms with van der Waals surface area (Å²) in [5, 5.41) is 12.4. The summed E-state index contributed by atoms with van der Waals surface area (Å²) in [5.41, 5.74) is 1.87. The molecule has 3 aromatic rings. The van der Waals surface area contributed by atoms with Crippen LogP contribution in [0.2, 0.25) is 0 Å². The Bertz CT molecular complexity index is 1030. The van der Waals surface area contributed by atoms with E-state index in [4.69, 9.17) is 0 Å². The molecule has 1 saturated heterocycles. The topological polar surface area (TPSA) is 75.9 Å². The minimum atomic E-state index is -0.306. The molecule has 1 unspecified atom stereocenters. The third kappa shape index (κ3) is 5.52. The smallest absolute Gasteiger partial charge is 0.237 e. The number of amides is 1. The number of likely N-dealkylation sites (N-methyl/N-ethyl adjacent to an activating group) is 1. The van der Waals surface area contributed by atoms with Gasteiger partial charge in [-0.15, -0.1) is 10.2 Å². The molecular formula is C23H27FN6OS. The molecule has 32 heavy (non-hydrogen) atoms. The van der Waals surface area contributed by atoms with Crippen LogP contribution >= 0.6 is 11.8 Å². The first-order valence-electron chi connectivity index (χ1n) is 10.8. The highest BCUT2D eigenvalue weighted by Gasteiger charge is 2.25. The Morgan fingerprint density at radius 2 is 1.91 bits per heavy atom. The van der Waals surface area contributed by atoms with Crippen LogP contribution in [0.4, 0.5) is 4.39 Å². The van der Waals surface area contributed by atoms with Gasteiger partial charge >= 0.3 is 0 Å². The van der Waals surface area contributed by atoms with Crippen molar-refractivity contribution in [2.24, 2.45) is 0 Å². The molecule has 1 aromatic carbocycles. The third-order valence-corrected chi connectivity index (χ3v) is 6.65. The van der Waals surface area contributed by atoms with Crippen LogP contribution in [-0.2, 0) is 17.1 Å². The average molecular weight is 455 g/mol. The van der Waals surface area contributed by atoms with Gasteiger partial charge in [0.25, 0.3) is 0 Å². The Hall–Kier alpha value is -2.78. The fourth-order valence-electron chi connectivity index (χ4n) is 3.85. The lowest BCUT2D eigenvalue weighted by Crippen LogP contribution is -2.44. The zero-order valence-electron chi connectivity index (χ0n) is 18.1. The molecule has 1 N–H and O–H groups in total. The lowest BCUT2D eigenvalue weighted by molar-refractivity contribution is -0.126. The van der Waals surface area contributed by atoms with E-state index in [0.717, 1.165) is 43.5 Å². The Kier molecular flexibility index (Phi) is 7.49. The van der Waals surface area contributed by atoms with Crippen molar-refractivity contribution in [1.29, 1.82) is 0 Å². The monoisotopic (exact) mass is 454 g/mol. The van der Waals surface area contributed by atoms with E-state index in [1.54, 1.807) is 24.5 Å². The zero-order valence-corrected chi connectivity index (χ0v) is 18.9. The molecule has 0 aliphatic carbocycles. The summed E-state index contributed by atoms with van der Waals surface area (Å²) in [7, 11) is 2.00. The van der Waals surface area contributed by atoms with Crippen molar-refractivity contribution in [1.82, 2.24) is 30.0 Å². The highest BCUT2D eigenvalue weighted by molar-refractivity contribution is 7.98. The second-order valence-corrected chi connectivity index (χ2v) is 8.86. The first-order valence-corrected chi connectivity index (χ1v) is 11.8. The minimum Gasteiger partial charge on any atom is -0.347 e. The van der Waals surface area contributed by atoms with Crippen molar-refractivity contribution in [2.75, 3.05) is 13.6 Å². The Balaban J connectivity index is 1.52. The maximum atomic E-state index is 13.5. The second-order valence-electron chi connectivity index (χ2n) is 7.92. The predicted molar refractivity (Wildman–Crippen MR) is 122 cm³/mol. The van der Waals surface area contributed by atoms with Crippen molar-refractivity contribution >= 4 is 17.7 Å². The van der Waals surface area contributed by atoms with Crippen LogP contribution in [0.3, 0.4) is 0 Å². The molecule has 1 atom stereocenters. The van der Waals surface area contributed by atoms with Gasteiger partial charge in [-0.05, 0) is 68.4 Å². The van der Waals surface area contributed by atoms with Crippen molar-refractivity contribution in [3.63, 3.8) is 0 Å². The molecule has 168 valence electrons. The summed E-state index contributed by atoms with van der Waals surface area (Å²) >= 11 is 1.53. The lowest BCUT2D eigenvalue weighted by Gasteiger charge is -2.24. The highest BCUT2D eigenvalue weighted by Crippen LogP contribution is 2.25. The lowest BCUT2D eigenvalue weighted by atomic mass is 10.1. The van der Waals surface area contributed by atoms with Crippen LogP contribution in [0, 0.1) is 5.82 Å². The highest BCUT2D eigenvalue weighted by atomic mass is 32.2. The number of hydrogen-bond donors (Lipinski definition) is 1. The molecule has 3 heterocycles. The predicted octanol–water partition coefficient (Wildman–Crippen LogP) is 3.58. The van der Waals surface area contributed by atoms with Crippen molar-refractivity contribution in [3.05, 3.63) is 66.0 Å². The van der Waals surface area contributed by atoms with Crippen LogP contribution in [-0.4, -0.2) is 50.2 Å². The van der Waals surface area contributed by atoms with Gasteiger partial charge in [-0.2, -0.15) is 0 Å². The summed E-state index contributed by atoms with van der Waals surface area (Å²) in [6.07, 6.45) is 7.71. The van der Waals surface area contributed by atoms with E-state index in [-0.39, 0.29) is 24.3 Å². The number of carbonyl (C=O) groups excluding carboxylic acids is 1. The number of benzene rings is 1. The van der Waals surface area contributed by atoms with Gasteiger partial charge in [-0.25, -0.2) is 4.39 Å². The Morgan fingerprint density at radius 3 is 2.69 bits per heavy atom. The van der Waals surface area contributed by atoms with Crippen LogP contribution in [0.1, 0.15) is 37.1 Å². The Labute approximate surface area is 191 Å². The van der Waals surface area contributed by atoms with Gasteiger partial charge in [0, 0.05) is 23.8 Å². The molecular weight excluding hydrogens is 427 g/mol. The number of hydrogen-bond acceptors (Lipinski definition) is 6. The van der Waals surface area contributed by atoms with Crippen molar-refractivity contribution in [3.8, 4) is 5.69 Å². The van der Waals surface area contributed by atoms with Crippen molar-refractivity contribution in [2.45, 2.75) is 49.2 Å². The molecule has 2 aromatic heterocycles. The fraction of sp³-hybridized carbons (Fsp3) is 0.391. The van der Waals surface area contributed by atoms with Gasteiger partial charge in [-0.1, -0.05) is 24.6 Å². The standard InChI is InChI=1S/C23H27FN6OS/c1-29-14-4-2-3-5-20(29)22(31)26-15-21-27-28-23(32-16-17-10-12-25-13-11-17)30(21)19-8-6-18(24)7-9-19/h6-13,20H,2-5,14-16H2,1H3,(H,26,31). The summed E-state index contributed by atoms with van der Waals surface area (Å²) < 4.78 is 15.4. The largest absolute Gasteiger partial charge is 0.347 e. The molecule has 1 fully saturated rings. The van der Waals surface area contributed by atoms with E-state index in [9.17, 15) is 9.18 Å². The molecule has 1 aliphatic rings. The average Bonchev–Trinajstić information content (AvgIpc) is 3.09. The molecule has 0 saturated carbocycles. The van der Waals surface area contributed by atoms with Gasteiger partial charge in [0.15, 0.2) is 11.0 Å². The number of aromatic nitrogens is 4. The van der Waals surface area contributed by atoms with Crippen LogP contribution in [0.25, 0.3) is 5.69 Å². The molecule has 7 nitrogen and oxygen atoms in total. The number of nitrogens with one attached hydrogen (secondary N) is 1. The summed E-state index contributed by atoms with van der Waals surface area (Å²) in [6.45, 7) is 1.18. The number of rotatable bonds is 7.